The summed E-state index contributed by atoms with van der Waals surface area (Å²) in [7, 11) is 0. The van der Waals surface area contributed by atoms with Crippen LogP contribution in [-0.4, -0.2) is 6.29 Å². The minimum atomic E-state index is 0.340. The molecule has 0 aromatic heterocycles. The Morgan fingerprint density at radius 3 is 2.62 bits per heavy atom. The fraction of sp³-hybridized carbons (Fsp3) is 0.800. The molecule has 1 saturated carbocycles. The van der Waals surface area contributed by atoms with Crippen molar-refractivity contribution in [3.8, 4) is 0 Å². The van der Waals surface area contributed by atoms with Gasteiger partial charge in [-0.15, -0.1) is 0 Å². The Hall–Kier alpha value is -0.590. The van der Waals surface area contributed by atoms with Crippen molar-refractivity contribution in [1.29, 1.82) is 0 Å². The summed E-state index contributed by atoms with van der Waals surface area (Å²) in [5, 5.41) is 0. The number of fused-ring (bicyclic) bond motifs is 1. The van der Waals surface area contributed by atoms with Gasteiger partial charge in [-0.25, -0.2) is 0 Å². The fourth-order valence-electron chi connectivity index (χ4n) is 4.23. The van der Waals surface area contributed by atoms with Crippen LogP contribution in [0.1, 0.15) is 53.4 Å². The third-order valence-corrected chi connectivity index (χ3v) is 5.49. The van der Waals surface area contributed by atoms with Gasteiger partial charge in [-0.1, -0.05) is 40.2 Å². The Bertz CT molecular complexity index is 326. The van der Waals surface area contributed by atoms with Crippen molar-refractivity contribution in [3.63, 3.8) is 0 Å². The van der Waals surface area contributed by atoms with Gasteiger partial charge >= 0.3 is 0 Å². The molecule has 0 aromatic rings. The van der Waals surface area contributed by atoms with E-state index in [1.165, 1.54) is 19.3 Å². The molecule has 1 fully saturated rings. The van der Waals surface area contributed by atoms with E-state index >= 15 is 0 Å². The predicted molar refractivity (Wildman–Crippen MR) is 67.2 cm³/mol. The van der Waals surface area contributed by atoms with Crippen molar-refractivity contribution in [3.05, 3.63) is 11.6 Å². The molecule has 90 valence electrons. The summed E-state index contributed by atoms with van der Waals surface area (Å²) < 4.78 is 0. The minimum Gasteiger partial charge on any atom is -0.298 e. The molecule has 0 radical (unpaired) electrons. The SMILES string of the molecule is CC1C(C=O)=CCC2C(C)(C)CCCC12C. The van der Waals surface area contributed by atoms with E-state index in [1.807, 2.05) is 0 Å². The Labute approximate surface area is 99.3 Å². The van der Waals surface area contributed by atoms with Crippen LogP contribution in [0.25, 0.3) is 0 Å². The van der Waals surface area contributed by atoms with Crippen molar-refractivity contribution in [1.82, 2.24) is 0 Å². The van der Waals surface area contributed by atoms with Crippen LogP contribution in [0.15, 0.2) is 11.6 Å². The molecule has 3 unspecified atom stereocenters. The van der Waals surface area contributed by atoms with E-state index in [0.29, 0.717) is 16.7 Å². The summed E-state index contributed by atoms with van der Waals surface area (Å²) in [4.78, 5) is 11.1. The zero-order valence-electron chi connectivity index (χ0n) is 11.0. The molecule has 0 amide bonds. The summed E-state index contributed by atoms with van der Waals surface area (Å²) in [5.74, 6) is 1.18. The Kier molecular flexibility index (Phi) is 2.76. The van der Waals surface area contributed by atoms with Gasteiger partial charge in [0, 0.05) is 0 Å². The highest BCUT2D eigenvalue weighted by Gasteiger charge is 2.50. The van der Waals surface area contributed by atoms with Crippen LogP contribution in [0.5, 0.6) is 0 Å². The standard InChI is InChI=1S/C15H24O/c1-11-12(10-16)6-7-13-14(2,3)8-5-9-15(11,13)4/h6,10-11,13H,5,7-9H2,1-4H3. The lowest BCUT2D eigenvalue weighted by atomic mass is 9.49. The monoisotopic (exact) mass is 220 g/mol. The first-order chi connectivity index (χ1) is 7.42. The fourth-order valence-corrected chi connectivity index (χ4v) is 4.23. The Morgan fingerprint density at radius 2 is 2.00 bits per heavy atom. The van der Waals surface area contributed by atoms with Crippen LogP contribution in [0, 0.1) is 22.7 Å². The lowest BCUT2D eigenvalue weighted by molar-refractivity contribution is -0.107. The minimum absolute atomic E-state index is 0.340. The molecular formula is C15H24O. The number of hydrogen-bond acceptors (Lipinski definition) is 1. The highest BCUT2D eigenvalue weighted by Crippen LogP contribution is 2.59. The zero-order valence-corrected chi connectivity index (χ0v) is 11.0. The van der Waals surface area contributed by atoms with E-state index in [-0.39, 0.29) is 0 Å². The second kappa shape index (κ2) is 3.72. The van der Waals surface area contributed by atoms with Crippen molar-refractivity contribution >= 4 is 6.29 Å². The Morgan fingerprint density at radius 1 is 1.31 bits per heavy atom. The number of aldehydes is 1. The van der Waals surface area contributed by atoms with Crippen LogP contribution in [0.3, 0.4) is 0 Å². The van der Waals surface area contributed by atoms with Crippen molar-refractivity contribution in [2.24, 2.45) is 22.7 Å². The number of rotatable bonds is 1. The van der Waals surface area contributed by atoms with Crippen LogP contribution in [-0.2, 0) is 4.79 Å². The largest absolute Gasteiger partial charge is 0.298 e. The van der Waals surface area contributed by atoms with Gasteiger partial charge in [0.25, 0.3) is 0 Å². The number of carbonyl (C=O) groups excluding carboxylic acids is 1. The second-order valence-corrected chi connectivity index (χ2v) is 6.68. The molecule has 0 bridgehead atoms. The van der Waals surface area contributed by atoms with E-state index in [1.54, 1.807) is 0 Å². The third kappa shape index (κ3) is 1.56. The second-order valence-electron chi connectivity index (χ2n) is 6.68. The maximum Gasteiger partial charge on any atom is 0.145 e. The first-order valence-electron chi connectivity index (χ1n) is 6.57. The number of carbonyl (C=O) groups is 1. The summed E-state index contributed by atoms with van der Waals surface area (Å²) in [5.41, 5.74) is 1.82. The van der Waals surface area contributed by atoms with Crippen molar-refractivity contribution < 1.29 is 4.79 Å². The van der Waals surface area contributed by atoms with E-state index in [4.69, 9.17) is 0 Å². The van der Waals surface area contributed by atoms with Crippen molar-refractivity contribution in [2.75, 3.05) is 0 Å². The maximum atomic E-state index is 11.1. The highest BCUT2D eigenvalue weighted by atomic mass is 16.1. The molecule has 0 aliphatic heterocycles. The van der Waals surface area contributed by atoms with Gasteiger partial charge < -0.3 is 0 Å². The molecule has 2 aliphatic carbocycles. The summed E-state index contributed by atoms with van der Waals surface area (Å²) in [6.07, 6.45) is 8.31. The van der Waals surface area contributed by atoms with Gasteiger partial charge in [-0.3, -0.25) is 4.79 Å². The smallest absolute Gasteiger partial charge is 0.145 e. The van der Waals surface area contributed by atoms with E-state index < -0.39 is 0 Å². The molecule has 2 aliphatic rings. The molecule has 0 aromatic carbocycles. The molecule has 0 spiro atoms. The van der Waals surface area contributed by atoms with Gasteiger partial charge in [-0.2, -0.15) is 0 Å². The zero-order chi connectivity index (χ0) is 12.0. The first-order valence-corrected chi connectivity index (χ1v) is 6.57. The maximum absolute atomic E-state index is 11.1. The van der Waals surface area contributed by atoms with E-state index in [2.05, 4.69) is 33.8 Å². The highest BCUT2D eigenvalue weighted by molar-refractivity contribution is 5.74. The van der Waals surface area contributed by atoms with Crippen molar-refractivity contribution in [2.45, 2.75) is 53.4 Å². The molecule has 0 N–H and O–H groups in total. The molecule has 3 atom stereocenters. The molecule has 16 heavy (non-hydrogen) atoms. The molecule has 2 rings (SSSR count). The molecule has 1 nitrogen and oxygen atoms in total. The van der Waals surface area contributed by atoms with E-state index in [0.717, 1.165) is 24.2 Å². The first kappa shape index (κ1) is 11.9. The van der Waals surface area contributed by atoms with Gasteiger partial charge in [0.05, 0.1) is 0 Å². The quantitative estimate of drug-likeness (QED) is 0.611. The normalized spacial score (nSPS) is 42.1. The molecular weight excluding hydrogens is 196 g/mol. The van der Waals surface area contributed by atoms with Crippen LogP contribution in [0.4, 0.5) is 0 Å². The average Bonchev–Trinajstić information content (AvgIpc) is 2.20. The molecule has 0 saturated heterocycles. The molecule has 0 heterocycles. The lowest BCUT2D eigenvalue weighted by Gasteiger charge is -2.55. The topological polar surface area (TPSA) is 17.1 Å². The van der Waals surface area contributed by atoms with E-state index in [9.17, 15) is 4.79 Å². The van der Waals surface area contributed by atoms with Gasteiger partial charge in [0.2, 0.25) is 0 Å². The van der Waals surface area contributed by atoms with Crippen LogP contribution >= 0.6 is 0 Å². The van der Waals surface area contributed by atoms with Crippen LogP contribution in [0.2, 0.25) is 0 Å². The third-order valence-electron chi connectivity index (χ3n) is 5.49. The summed E-state index contributed by atoms with van der Waals surface area (Å²) >= 11 is 0. The lowest BCUT2D eigenvalue weighted by Crippen LogP contribution is -2.48. The number of allylic oxidation sites excluding steroid dienone is 2. The van der Waals surface area contributed by atoms with Gasteiger partial charge in [-0.05, 0) is 47.5 Å². The van der Waals surface area contributed by atoms with Gasteiger partial charge in [0.1, 0.15) is 6.29 Å². The molecule has 1 heteroatoms. The summed E-state index contributed by atoms with van der Waals surface area (Å²) in [6, 6.07) is 0. The Balaban J connectivity index is 2.39. The number of hydrogen-bond donors (Lipinski definition) is 0. The van der Waals surface area contributed by atoms with Crippen LogP contribution < -0.4 is 0 Å². The average molecular weight is 220 g/mol. The van der Waals surface area contributed by atoms with Gasteiger partial charge in [0.15, 0.2) is 0 Å². The summed E-state index contributed by atoms with van der Waals surface area (Å²) in [6.45, 7) is 9.45. The predicted octanol–water partition coefficient (Wildman–Crippen LogP) is 3.98.